The van der Waals surface area contributed by atoms with Gasteiger partial charge in [-0.2, -0.15) is 0 Å². The maximum atomic E-state index is 11.9. The van der Waals surface area contributed by atoms with Crippen LogP contribution in [0.25, 0.3) is 0 Å². The first-order chi connectivity index (χ1) is 8.36. The molecule has 0 saturated heterocycles. The molecule has 1 atom stereocenters. The van der Waals surface area contributed by atoms with Crippen molar-refractivity contribution >= 4 is 33.2 Å². The minimum atomic E-state index is -3.59. The number of rotatable bonds is 6. The molecular weight excluding hydrogens is 297 g/mol. The topological polar surface area (TPSA) is 66.4 Å². The van der Waals surface area contributed by atoms with E-state index in [9.17, 15) is 8.42 Å². The van der Waals surface area contributed by atoms with Gasteiger partial charge in [0.15, 0.2) is 0 Å². The molecule has 0 spiro atoms. The Bertz CT molecular complexity index is 505. The number of hydrogen-bond donors (Lipinski definition) is 2. The summed E-state index contributed by atoms with van der Waals surface area (Å²) in [5.41, 5.74) is 0. The summed E-state index contributed by atoms with van der Waals surface area (Å²) in [7, 11) is -3.59. The van der Waals surface area contributed by atoms with Gasteiger partial charge in [-0.25, -0.2) is 13.1 Å². The van der Waals surface area contributed by atoms with Crippen molar-refractivity contribution in [2.75, 3.05) is 13.2 Å². The fraction of sp³-hybridized carbons (Fsp3) is 0.455. The standard InChI is InChI=1S/C11H15Cl2NO3S/c1-8(4-5-15)7-14-18(16,17)9-2-3-10(12)11(13)6-9/h2-3,6,8,14-15H,4-5,7H2,1H3. The Morgan fingerprint density at radius 1 is 1.33 bits per heavy atom. The Kier molecular flexibility index (Phi) is 5.88. The third-order valence-corrected chi connectivity index (χ3v) is 4.61. The van der Waals surface area contributed by atoms with E-state index in [0.717, 1.165) is 0 Å². The van der Waals surface area contributed by atoms with Crippen molar-refractivity contribution < 1.29 is 13.5 Å². The van der Waals surface area contributed by atoms with Gasteiger partial charge >= 0.3 is 0 Å². The van der Waals surface area contributed by atoms with Crippen molar-refractivity contribution in [3.05, 3.63) is 28.2 Å². The summed E-state index contributed by atoms with van der Waals surface area (Å²) in [6.45, 7) is 2.16. The first kappa shape index (κ1) is 15.7. The maximum absolute atomic E-state index is 11.9. The lowest BCUT2D eigenvalue weighted by Gasteiger charge is -2.12. The largest absolute Gasteiger partial charge is 0.396 e. The molecule has 1 rings (SSSR count). The molecule has 4 nitrogen and oxygen atoms in total. The Morgan fingerprint density at radius 2 is 2.00 bits per heavy atom. The summed E-state index contributed by atoms with van der Waals surface area (Å²) in [4.78, 5) is 0.0769. The highest BCUT2D eigenvalue weighted by Crippen LogP contribution is 2.24. The van der Waals surface area contributed by atoms with Gasteiger partial charge in [-0.15, -0.1) is 0 Å². The van der Waals surface area contributed by atoms with Gasteiger partial charge in [-0.05, 0) is 30.5 Å². The number of aliphatic hydroxyl groups is 1. The minimum Gasteiger partial charge on any atom is -0.396 e. The first-order valence-electron chi connectivity index (χ1n) is 5.42. The molecule has 2 N–H and O–H groups in total. The fourth-order valence-corrected chi connectivity index (χ4v) is 2.86. The van der Waals surface area contributed by atoms with E-state index in [2.05, 4.69) is 4.72 Å². The molecule has 0 aromatic heterocycles. The van der Waals surface area contributed by atoms with E-state index in [4.69, 9.17) is 28.3 Å². The van der Waals surface area contributed by atoms with Gasteiger partial charge in [-0.3, -0.25) is 0 Å². The molecule has 0 amide bonds. The highest BCUT2D eigenvalue weighted by Gasteiger charge is 2.16. The average Bonchev–Trinajstić information content (AvgIpc) is 2.30. The number of benzene rings is 1. The molecule has 0 aliphatic rings. The molecule has 102 valence electrons. The van der Waals surface area contributed by atoms with E-state index in [1.807, 2.05) is 6.92 Å². The predicted molar refractivity (Wildman–Crippen MR) is 72.5 cm³/mol. The van der Waals surface area contributed by atoms with E-state index in [1.165, 1.54) is 18.2 Å². The number of nitrogens with one attached hydrogen (secondary N) is 1. The monoisotopic (exact) mass is 311 g/mol. The van der Waals surface area contributed by atoms with Crippen molar-refractivity contribution in [2.45, 2.75) is 18.2 Å². The van der Waals surface area contributed by atoms with Gasteiger partial charge in [0.05, 0.1) is 14.9 Å². The van der Waals surface area contributed by atoms with Crippen LogP contribution in [-0.4, -0.2) is 26.7 Å². The molecule has 1 aromatic carbocycles. The summed E-state index contributed by atoms with van der Waals surface area (Å²) in [5, 5.41) is 9.25. The van der Waals surface area contributed by atoms with Crippen LogP contribution in [0.3, 0.4) is 0 Å². The Balaban J connectivity index is 2.77. The fourth-order valence-electron chi connectivity index (χ4n) is 1.30. The lowest BCUT2D eigenvalue weighted by molar-refractivity contribution is 0.263. The predicted octanol–water partition coefficient (Wildman–Crippen LogP) is 2.29. The second kappa shape index (κ2) is 6.73. The van der Waals surface area contributed by atoms with Crippen LogP contribution in [0.5, 0.6) is 0 Å². The lowest BCUT2D eigenvalue weighted by atomic mass is 10.1. The molecule has 0 heterocycles. The van der Waals surface area contributed by atoms with Crippen LogP contribution < -0.4 is 4.72 Å². The zero-order valence-electron chi connectivity index (χ0n) is 9.86. The van der Waals surface area contributed by atoms with E-state index < -0.39 is 10.0 Å². The average molecular weight is 312 g/mol. The highest BCUT2D eigenvalue weighted by atomic mass is 35.5. The third kappa shape index (κ3) is 4.40. The van der Waals surface area contributed by atoms with Crippen molar-refractivity contribution in [3.63, 3.8) is 0 Å². The Hall–Kier alpha value is -0.330. The van der Waals surface area contributed by atoms with Crippen LogP contribution in [0.15, 0.2) is 23.1 Å². The highest BCUT2D eigenvalue weighted by molar-refractivity contribution is 7.89. The Morgan fingerprint density at radius 3 is 2.56 bits per heavy atom. The van der Waals surface area contributed by atoms with E-state index in [-0.39, 0.29) is 29.0 Å². The second-order valence-electron chi connectivity index (χ2n) is 4.05. The number of aliphatic hydroxyl groups excluding tert-OH is 1. The van der Waals surface area contributed by atoms with Gasteiger partial charge in [-0.1, -0.05) is 30.1 Å². The number of halogens is 2. The smallest absolute Gasteiger partial charge is 0.240 e. The SMILES string of the molecule is CC(CCO)CNS(=O)(=O)c1ccc(Cl)c(Cl)c1. The van der Waals surface area contributed by atoms with Gasteiger partial charge in [0.1, 0.15) is 0 Å². The summed E-state index contributed by atoms with van der Waals surface area (Å²) in [6.07, 6.45) is 0.546. The second-order valence-corrected chi connectivity index (χ2v) is 6.63. The minimum absolute atomic E-state index is 0.0374. The van der Waals surface area contributed by atoms with Crippen LogP contribution in [0.2, 0.25) is 10.0 Å². The van der Waals surface area contributed by atoms with Crippen LogP contribution in [0, 0.1) is 5.92 Å². The molecule has 0 radical (unpaired) electrons. The quantitative estimate of drug-likeness (QED) is 0.847. The molecule has 0 fully saturated rings. The lowest BCUT2D eigenvalue weighted by Crippen LogP contribution is -2.28. The normalized spacial score (nSPS) is 13.6. The molecule has 0 bridgehead atoms. The van der Waals surface area contributed by atoms with Gasteiger partial charge in [0, 0.05) is 13.2 Å². The maximum Gasteiger partial charge on any atom is 0.240 e. The van der Waals surface area contributed by atoms with Crippen LogP contribution in [0.4, 0.5) is 0 Å². The first-order valence-corrected chi connectivity index (χ1v) is 7.66. The molecule has 1 aromatic rings. The molecule has 18 heavy (non-hydrogen) atoms. The van der Waals surface area contributed by atoms with Gasteiger partial charge in [0.2, 0.25) is 10.0 Å². The van der Waals surface area contributed by atoms with Crippen LogP contribution in [0.1, 0.15) is 13.3 Å². The zero-order valence-corrected chi connectivity index (χ0v) is 12.2. The summed E-state index contributed by atoms with van der Waals surface area (Å²) in [6, 6.07) is 4.14. The summed E-state index contributed by atoms with van der Waals surface area (Å²) in [5.74, 6) is 0.0625. The van der Waals surface area contributed by atoms with Crippen molar-refractivity contribution in [1.29, 1.82) is 0 Å². The van der Waals surface area contributed by atoms with Crippen LogP contribution in [-0.2, 0) is 10.0 Å². The molecule has 0 aliphatic carbocycles. The Labute approximate surface area is 117 Å². The van der Waals surface area contributed by atoms with E-state index in [1.54, 1.807) is 0 Å². The zero-order chi connectivity index (χ0) is 13.8. The van der Waals surface area contributed by atoms with Crippen molar-refractivity contribution in [3.8, 4) is 0 Å². The number of sulfonamides is 1. The van der Waals surface area contributed by atoms with Crippen molar-refractivity contribution in [1.82, 2.24) is 4.72 Å². The molecule has 7 heteroatoms. The molecule has 1 unspecified atom stereocenters. The molecular formula is C11H15Cl2NO3S. The van der Waals surface area contributed by atoms with Gasteiger partial charge < -0.3 is 5.11 Å². The summed E-state index contributed by atoms with van der Waals surface area (Å²) >= 11 is 11.5. The van der Waals surface area contributed by atoms with Crippen molar-refractivity contribution in [2.24, 2.45) is 5.92 Å². The van der Waals surface area contributed by atoms with E-state index >= 15 is 0 Å². The third-order valence-electron chi connectivity index (χ3n) is 2.45. The van der Waals surface area contributed by atoms with Gasteiger partial charge in [0.25, 0.3) is 0 Å². The molecule has 0 aliphatic heterocycles. The van der Waals surface area contributed by atoms with Crippen LogP contribution >= 0.6 is 23.2 Å². The van der Waals surface area contributed by atoms with E-state index in [0.29, 0.717) is 11.4 Å². The molecule has 0 saturated carbocycles. The summed E-state index contributed by atoms with van der Waals surface area (Å²) < 4.78 is 26.3. The number of hydrogen-bond acceptors (Lipinski definition) is 3.